The summed E-state index contributed by atoms with van der Waals surface area (Å²) in [5.74, 6) is 0.861. The summed E-state index contributed by atoms with van der Waals surface area (Å²) in [5, 5.41) is 6.83. The van der Waals surface area contributed by atoms with Gasteiger partial charge >= 0.3 is 0 Å². The predicted molar refractivity (Wildman–Crippen MR) is 117 cm³/mol. The number of pyridine rings is 1. The van der Waals surface area contributed by atoms with E-state index in [0.29, 0.717) is 0 Å². The molecule has 0 aliphatic heterocycles. The number of aryl methyl sites for hydroxylation is 2. The lowest BCUT2D eigenvalue weighted by atomic mass is 10.0. The third-order valence-corrected chi connectivity index (χ3v) is 4.14. The summed E-state index contributed by atoms with van der Waals surface area (Å²) in [7, 11) is 0. The fourth-order valence-electron chi connectivity index (χ4n) is 2.75. The Hall–Kier alpha value is -1.63. The SMILES string of the molecule is CCNC(=NCCc1ccncc1C)NC(C)c1ccccc1C.I. The second kappa shape index (κ2) is 11.1. The zero-order valence-electron chi connectivity index (χ0n) is 15.5. The van der Waals surface area contributed by atoms with Crippen LogP contribution in [0.5, 0.6) is 0 Å². The molecule has 0 amide bonds. The minimum atomic E-state index is 0. The van der Waals surface area contributed by atoms with Crippen molar-refractivity contribution in [3.05, 3.63) is 65.0 Å². The van der Waals surface area contributed by atoms with Crippen LogP contribution in [0.15, 0.2) is 47.7 Å². The van der Waals surface area contributed by atoms with Crippen LogP contribution < -0.4 is 10.6 Å². The highest BCUT2D eigenvalue weighted by atomic mass is 127. The fourth-order valence-corrected chi connectivity index (χ4v) is 2.75. The van der Waals surface area contributed by atoms with Gasteiger partial charge in [-0.3, -0.25) is 9.98 Å². The Labute approximate surface area is 168 Å². The van der Waals surface area contributed by atoms with Crippen LogP contribution >= 0.6 is 24.0 Å². The Morgan fingerprint density at radius 1 is 1.16 bits per heavy atom. The van der Waals surface area contributed by atoms with Crippen molar-refractivity contribution in [1.82, 2.24) is 15.6 Å². The van der Waals surface area contributed by atoms with Crippen LogP contribution in [0.2, 0.25) is 0 Å². The van der Waals surface area contributed by atoms with E-state index in [4.69, 9.17) is 4.99 Å². The molecule has 0 aliphatic rings. The molecule has 2 aromatic rings. The van der Waals surface area contributed by atoms with Gasteiger partial charge in [-0.25, -0.2) is 0 Å². The maximum absolute atomic E-state index is 4.72. The Balaban J connectivity index is 0.00000312. The first-order chi connectivity index (χ1) is 11.6. The molecule has 25 heavy (non-hydrogen) atoms. The molecule has 0 saturated heterocycles. The highest BCUT2D eigenvalue weighted by Gasteiger charge is 2.09. The van der Waals surface area contributed by atoms with Crippen molar-refractivity contribution in [2.24, 2.45) is 4.99 Å². The monoisotopic (exact) mass is 452 g/mol. The highest BCUT2D eigenvalue weighted by Crippen LogP contribution is 2.16. The molecule has 0 radical (unpaired) electrons. The van der Waals surface area contributed by atoms with Crippen LogP contribution in [-0.4, -0.2) is 24.0 Å². The first-order valence-corrected chi connectivity index (χ1v) is 8.61. The zero-order chi connectivity index (χ0) is 17.4. The lowest BCUT2D eigenvalue weighted by Crippen LogP contribution is -2.39. The average molecular weight is 452 g/mol. The molecule has 0 saturated carbocycles. The number of halogens is 1. The molecule has 1 aromatic heterocycles. The largest absolute Gasteiger partial charge is 0.357 e. The molecule has 2 rings (SSSR count). The minimum Gasteiger partial charge on any atom is -0.357 e. The fraction of sp³-hybridized carbons (Fsp3) is 0.400. The number of hydrogen-bond acceptors (Lipinski definition) is 2. The normalized spacial score (nSPS) is 12.2. The third kappa shape index (κ3) is 6.65. The van der Waals surface area contributed by atoms with E-state index in [1.165, 1.54) is 22.3 Å². The van der Waals surface area contributed by atoms with Gasteiger partial charge in [0.05, 0.1) is 6.04 Å². The van der Waals surface area contributed by atoms with Gasteiger partial charge in [0.25, 0.3) is 0 Å². The van der Waals surface area contributed by atoms with Gasteiger partial charge in [-0.05, 0) is 62.4 Å². The van der Waals surface area contributed by atoms with Crippen LogP contribution in [0.25, 0.3) is 0 Å². The second-order valence-corrected chi connectivity index (χ2v) is 6.04. The Bertz CT molecular complexity index is 685. The van der Waals surface area contributed by atoms with Gasteiger partial charge in [0.1, 0.15) is 0 Å². The summed E-state index contributed by atoms with van der Waals surface area (Å²) in [5.41, 5.74) is 5.12. The van der Waals surface area contributed by atoms with Crippen molar-refractivity contribution in [1.29, 1.82) is 0 Å². The number of nitrogens with one attached hydrogen (secondary N) is 2. The Morgan fingerprint density at radius 3 is 2.60 bits per heavy atom. The summed E-state index contributed by atoms with van der Waals surface area (Å²) in [6.45, 7) is 10.1. The molecule has 5 heteroatoms. The molecule has 0 aliphatic carbocycles. The number of nitrogens with zero attached hydrogens (tertiary/aromatic N) is 2. The van der Waals surface area contributed by atoms with Gasteiger partial charge in [0, 0.05) is 25.5 Å². The smallest absolute Gasteiger partial charge is 0.191 e. The number of hydrogen-bond donors (Lipinski definition) is 2. The van der Waals surface area contributed by atoms with Gasteiger partial charge in [-0.1, -0.05) is 24.3 Å². The number of benzene rings is 1. The standard InChI is InChI=1S/C20H28N4.HI/c1-5-22-20(23-13-11-18-10-12-21-14-16(18)3)24-17(4)19-9-7-6-8-15(19)2;/h6-10,12,14,17H,5,11,13H2,1-4H3,(H2,22,23,24);1H. The van der Waals surface area contributed by atoms with E-state index in [-0.39, 0.29) is 30.0 Å². The summed E-state index contributed by atoms with van der Waals surface area (Å²) in [4.78, 5) is 8.86. The van der Waals surface area contributed by atoms with Crippen molar-refractivity contribution in [2.45, 2.75) is 40.2 Å². The summed E-state index contributed by atoms with van der Waals surface area (Å²) in [6.07, 6.45) is 4.67. The van der Waals surface area contributed by atoms with Crippen molar-refractivity contribution in [3.63, 3.8) is 0 Å². The van der Waals surface area contributed by atoms with Crippen LogP contribution in [0.1, 0.15) is 42.1 Å². The molecule has 1 unspecified atom stereocenters. The predicted octanol–water partition coefficient (Wildman–Crippen LogP) is 4.18. The van der Waals surface area contributed by atoms with E-state index in [0.717, 1.165) is 25.5 Å². The van der Waals surface area contributed by atoms with Gasteiger partial charge in [0.15, 0.2) is 5.96 Å². The van der Waals surface area contributed by atoms with Crippen molar-refractivity contribution >= 4 is 29.9 Å². The number of rotatable bonds is 6. The van der Waals surface area contributed by atoms with Gasteiger partial charge in [0.2, 0.25) is 0 Å². The summed E-state index contributed by atoms with van der Waals surface area (Å²) < 4.78 is 0. The lowest BCUT2D eigenvalue weighted by Gasteiger charge is -2.19. The number of aliphatic imine (C=N–C) groups is 1. The maximum atomic E-state index is 4.72. The average Bonchev–Trinajstić information content (AvgIpc) is 2.57. The van der Waals surface area contributed by atoms with Crippen molar-refractivity contribution < 1.29 is 0 Å². The van der Waals surface area contributed by atoms with Gasteiger partial charge < -0.3 is 10.6 Å². The van der Waals surface area contributed by atoms with Crippen molar-refractivity contribution in [3.8, 4) is 0 Å². The highest BCUT2D eigenvalue weighted by molar-refractivity contribution is 14.0. The molecule has 2 N–H and O–H groups in total. The molecule has 0 spiro atoms. The van der Waals surface area contributed by atoms with E-state index < -0.39 is 0 Å². The van der Waals surface area contributed by atoms with Gasteiger partial charge in [-0.15, -0.1) is 24.0 Å². The molecule has 1 heterocycles. The zero-order valence-corrected chi connectivity index (χ0v) is 17.9. The summed E-state index contributed by atoms with van der Waals surface area (Å²) >= 11 is 0. The topological polar surface area (TPSA) is 49.3 Å². The molecule has 1 aromatic carbocycles. The number of guanidine groups is 1. The van der Waals surface area contributed by atoms with Gasteiger partial charge in [-0.2, -0.15) is 0 Å². The molecule has 4 nitrogen and oxygen atoms in total. The first-order valence-electron chi connectivity index (χ1n) is 8.61. The molecule has 0 bridgehead atoms. The molecule has 136 valence electrons. The van der Waals surface area contributed by atoms with Crippen LogP contribution in [0, 0.1) is 13.8 Å². The second-order valence-electron chi connectivity index (χ2n) is 6.04. The minimum absolute atomic E-state index is 0. The molecular weight excluding hydrogens is 423 g/mol. The third-order valence-electron chi connectivity index (χ3n) is 4.14. The lowest BCUT2D eigenvalue weighted by molar-refractivity contribution is 0.682. The first kappa shape index (κ1) is 21.4. The van der Waals surface area contributed by atoms with E-state index in [1.807, 2.05) is 12.4 Å². The van der Waals surface area contributed by atoms with E-state index >= 15 is 0 Å². The van der Waals surface area contributed by atoms with Crippen LogP contribution in [-0.2, 0) is 6.42 Å². The van der Waals surface area contributed by atoms with E-state index in [2.05, 4.69) is 73.6 Å². The Morgan fingerprint density at radius 2 is 1.92 bits per heavy atom. The quantitative estimate of drug-likeness (QED) is 0.393. The van der Waals surface area contributed by atoms with Crippen molar-refractivity contribution in [2.75, 3.05) is 13.1 Å². The van der Waals surface area contributed by atoms with E-state index in [1.54, 1.807) is 0 Å². The molecule has 0 fully saturated rings. The Kier molecular flexibility index (Phi) is 9.49. The van der Waals surface area contributed by atoms with Crippen LogP contribution in [0.3, 0.4) is 0 Å². The maximum Gasteiger partial charge on any atom is 0.191 e. The van der Waals surface area contributed by atoms with Crippen LogP contribution in [0.4, 0.5) is 0 Å². The molecular formula is C20H29IN4. The number of aromatic nitrogens is 1. The van der Waals surface area contributed by atoms with E-state index in [9.17, 15) is 0 Å². The summed E-state index contributed by atoms with van der Waals surface area (Å²) in [6, 6.07) is 10.7. The molecule has 1 atom stereocenters.